The summed E-state index contributed by atoms with van der Waals surface area (Å²) in [5.41, 5.74) is 3.12. The molecule has 0 aliphatic heterocycles. The van der Waals surface area contributed by atoms with E-state index in [1.54, 1.807) is 25.5 Å². The van der Waals surface area contributed by atoms with Crippen molar-refractivity contribution < 1.29 is 18.3 Å². The third kappa shape index (κ3) is 2.86. The highest BCUT2D eigenvalue weighted by molar-refractivity contribution is 5.88. The maximum Gasteiger partial charge on any atom is 0.225 e. The first-order chi connectivity index (χ1) is 12.2. The topological polar surface area (TPSA) is 51.5 Å². The van der Waals surface area contributed by atoms with Crippen molar-refractivity contribution in [2.75, 3.05) is 7.11 Å². The van der Waals surface area contributed by atoms with Gasteiger partial charge in [0, 0.05) is 17.0 Å². The van der Waals surface area contributed by atoms with Crippen LogP contribution in [-0.4, -0.2) is 13.0 Å². The number of hydrogen-bond acceptors (Lipinski definition) is 3. The van der Waals surface area contributed by atoms with Gasteiger partial charge in [-0.2, -0.15) is 0 Å². The lowest BCUT2D eigenvalue weighted by Crippen LogP contribution is -2.28. The molecule has 1 unspecified atom stereocenters. The second kappa shape index (κ2) is 6.24. The van der Waals surface area contributed by atoms with Crippen LogP contribution in [0.2, 0.25) is 0 Å². The van der Waals surface area contributed by atoms with E-state index < -0.39 is 0 Å². The monoisotopic (exact) mass is 339 g/mol. The second-order valence-corrected chi connectivity index (χ2v) is 6.27. The van der Waals surface area contributed by atoms with Gasteiger partial charge in [0.2, 0.25) is 5.91 Å². The zero-order valence-electron chi connectivity index (χ0n) is 13.8. The van der Waals surface area contributed by atoms with Gasteiger partial charge in [0.15, 0.2) is 0 Å². The van der Waals surface area contributed by atoms with Crippen LogP contribution in [0.25, 0.3) is 11.0 Å². The number of halogens is 1. The Kier molecular flexibility index (Phi) is 3.92. The third-order valence-corrected chi connectivity index (χ3v) is 4.76. The molecule has 25 heavy (non-hydrogen) atoms. The average molecular weight is 339 g/mol. The molecule has 128 valence electrons. The van der Waals surface area contributed by atoms with Crippen LogP contribution in [0.1, 0.15) is 29.2 Å². The minimum atomic E-state index is -0.191. The van der Waals surface area contributed by atoms with E-state index in [4.69, 9.17) is 9.15 Å². The highest BCUT2D eigenvalue weighted by Crippen LogP contribution is 2.33. The van der Waals surface area contributed by atoms with E-state index in [1.807, 2.05) is 18.2 Å². The van der Waals surface area contributed by atoms with Gasteiger partial charge in [-0.1, -0.05) is 12.1 Å². The summed E-state index contributed by atoms with van der Waals surface area (Å²) in [4.78, 5) is 12.5. The number of nitrogens with one attached hydrogen (secondary N) is 1. The molecule has 0 spiro atoms. The lowest BCUT2D eigenvalue weighted by atomic mass is 10.1. The van der Waals surface area contributed by atoms with Gasteiger partial charge in [0.25, 0.3) is 0 Å². The summed E-state index contributed by atoms with van der Waals surface area (Å²) in [6.45, 7) is 0. The van der Waals surface area contributed by atoms with Crippen LogP contribution in [0.4, 0.5) is 4.39 Å². The molecule has 0 saturated heterocycles. The number of hydrogen-bond donors (Lipinski definition) is 1. The first kappa shape index (κ1) is 15.7. The fraction of sp³-hybridized carbons (Fsp3) is 0.250. The van der Waals surface area contributed by atoms with Crippen molar-refractivity contribution >= 4 is 16.9 Å². The minimum absolute atomic E-state index is 0.0966. The number of furan rings is 1. The highest BCUT2D eigenvalue weighted by Gasteiger charge is 2.26. The van der Waals surface area contributed by atoms with Crippen molar-refractivity contribution in [1.82, 2.24) is 5.32 Å². The standard InChI is InChI=1S/C20H18FNO3/c1-24-13-5-6-14-12(11-25-19(14)10-13)9-20(23)22-18-8-7-15-16(18)3-2-4-17(15)21/h2-6,10-11,18H,7-9H2,1H3,(H,22,23). The van der Waals surface area contributed by atoms with Crippen LogP contribution in [0.15, 0.2) is 47.1 Å². The van der Waals surface area contributed by atoms with E-state index >= 15 is 0 Å². The van der Waals surface area contributed by atoms with Gasteiger partial charge in [-0.25, -0.2) is 4.39 Å². The second-order valence-electron chi connectivity index (χ2n) is 6.27. The van der Waals surface area contributed by atoms with E-state index in [9.17, 15) is 9.18 Å². The molecule has 0 saturated carbocycles. The van der Waals surface area contributed by atoms with Gasteiger partial charge in [-0.3, -0.25) is 4.79 Å². The Morgan fingerprint density at radius 1 is 1.36 bits per heavy atom. The van der Waals surface area contributed by atoms with Gasteiger partial charge in [-0.05, 0) is 42.2 Å². The van der Waals surface area contributed by atoms with E-state index in [2.05, 4.69) is 5.32 Å². The van der Waals surface area contributed by atoms with Crippen molar-refractivity contribution in [3.05, 3.63) is 65.2 Å². The van der Waals surface area contributed by atoms with Crippen molar-refractivity contribution in [2.24, 2.45) is 0 Å². The quantitative estimate of drug-likeness (QED) is 0.784. The minimum Gasteiger partial charge on any atom is -0.497 e. The predicted octanol–water partition coefficient (Wildman–Crippen LogP) is 3.93. The third-order valence-electron chi connectivity index (χ3n) is 4.76. The van der Waals surface area contributed by atoms with Gasteiger partial charge in [0.05, 0.1) is 25.8 Å². The van der Waals surface area contributed by atoms with Crippen LogP contribution in [-0.2, 0) is 17.6 Å². The molecule has 1 heterocycles. The fourth-order valence-electron chi connectivity index (χ4n) is 3.51. The van der Waals surface area contributed by atoms with Gasteiger partial charge < -0.3 is 14.5 Å². The van der Waals surface area contributed by atoms with Crippen LogP contribution in [0.5, 0.6) is 5.75 Å². The van der Waals surface area contributed by atoms with Crippen molar-refractivity contribution in [3.63, 3.8) is 0 Å². The lowest BCUT2D eigenvalue weighted by Gasteiger charge is -2.14. The molecule has 0 radical (unpaired) electrons. The number of amides is 1. The summed E-state index contributed by atoms with van der Waals surface area (Å²) in [5, 5.41) is 3.91. The van der Waals surface area contributed by atoms with Crippen LogP contribution >= 0.6 is 0 Å². The molecule has 0 bridgehead atoms. The predicted molar refractivity (Wildman–Crippen MR) is 92.1 cm³/mol. The zero-order chi connectivity index (χ0) is 17.4. The van der Waals surface area contributed by atoms with Gasteiger partial charge in [-0.15, -0.1) is 0 Å². The molecule has 4 nitrogen and oxygen atoms in total. The number of ether oxygens (including phenoxy) is 1. The highest BCUT2D eigenvalue weighted by atomic mass is 19.1. The molecular weight excluding hydrogens is 321 g/mol. The Morgan fingerprint density at radius 3 is 3.08 bits per heavy atom. The Bertz CT molecular complexity index is 947. The van der Waals surface area contributed by atoms with Crippen LogP contribution in [0, 0.1) is 5.82 Å². The summed E-state index contributed by atoms with van der Waals surface area (Å²) in [7, 11) is 1.60. The summed E-state index contributed by atoms with van der Waals surface area (Å²) in [6.07, 6.45) is 3.21. The molecule has 1 aliphatic carbocycles. The van der Waals surface area contributed by atoms with Gasteiger partial charge >= 0.3 is 0 Å². The molecule has 4 rings (SSSR count). The molecule has 5 heteroatoms. The van der Waals surface area contributed by atoms with Gasteiger partial charge in [0.1, 0.15) is 17.1 Å². The molecule has 1 aliphatic rings. The molecule has 1 atom stereocenters. The molecule has 1 amide bonds. The maximum atomic E-state index is 13.8. The van der Waals surface area contributed by atoms with E-state index in [0.29, 0.717) is 23.3 Å². The smallest absolute Gasteiger partial charge is 0.225 e. The SMILES string of the molecule is COc1ccc2c(CC(=O)NC3CCc4c(F)cccc43)coc2c1. The van der Waals surface area contributed by atoms with E-state index in [1.165, 1.54) is 6.07 Å². The van der Waals surface area contributed by atoms with Crippen LogP contribution in [0.3, 0.4) is 0 Å². The van der Waals surface area contributed by atoms with E-state index in [-0.39, 0.29) is 24.2 Å². The summed E-state index contributed by atoms with van der Waals surface area (Å²) < 4.78 is 24.5. The average Bonchev–Trinajstić information content (AvgIpc) is 3.20. The number of rotatable bonds is 4. The van der Waals surface area contributed by atoms with Crippen molar-refractivity contribution in [3.8, 4) is 5.75 Å². The fourth-order valence-corrected chi connectivity index (χ4v) is 3.51. The molecule has 2 aromatic carbocycles. The van der Waals surface area contributed by atoms with E-state index in [0.717, 1.165) is 22.9 Å². The molecular formula is C20H18FNO3. The molecule has 0 fully saturated rings. The van der Waals surface area contributed by atoms with Crippen molar-refractivity contribution in [2.45, 2.75) is 25.3 Å². The number of methoxy groups -OCH3 is 1. The van der Waals surface area contributed by atoms with Crippen molar-refractivity contribution in [1.29, 1.82) is 0 Å². The molecule has 1 N–H and O–H groups in total. The molecule has 3 aromatic rings. The Balaban J connectivity index is 1.50. The number of fused-ring (bicyclic) bond motifs is 2. The summed E-state index contributed by atoms with van der Waals surface area (Å²) in [5.74, 6) is 0.423. The zero-order valence-corrected chi connectivity index (χ0v) is 13.8. The Morgan fingerprint density at radius 2 is 2.24 bits per heavy atom. The van der Waals surface area contributed by atoms with Crippen LogP contribution < -0.4 is 10.1 Å². The normalized spacial score (nSPS) is 16.0. The summed E-state index contributed by atoms with van der Waals surface area (Å²) >= 11 is 0. The Hall–Kier alpha value is -2.82. The number of carbonyl (C=O) groups is 1. The summed E-state index contributed by atoms with van der Waals surface area (Å²) in [6, 6.07) is 10.4. The first-order valence-electron chi connectivity index (χ1n) is 8.26. The number of carbonyl (C=O) groups excluding carboxylic acids is 1. The molecule has 1 aromatic heterocycles. The number of benzene rings is 2. The lowest BCUT2D eigenvalue weighted by molar-refractivity contribution is -0.121. The first-order valence-corrected chi connectivity index (χ1v) is 8.26. The largest absolute Gasteiger partial charge is 0.497 e. The maximum absolute atomic E-state index is 13.8. The Labute approximate surface area is 144 Å².